The van der Waals surface area contributed by atoms with E-state index in [4.69, 9.17) is 0 Å². The smallest absolute Gasteiger partial charge is 0.407 e. The monoisotopic (exact) mass is 339 g/mol. The predicted octanol–water partition coefficient (Wildman–Crippen LogP) is 2.49. The van der Waals surface area contributed by atoms with Crippen LogP contribution in [0.25, 0.3) is 0 Å². The first-order valence-corrected chi connectivity index (χ1v) is 7.45. The number of methoxy groups -OCH3 is 1. The lowest BCUT2D eigenvalue weighted by Gasteiger charge is -2.20. The predicted molar refractivity (Wildman–Crippen MR) is 88.1 cm³/mol. The largest absolute Gasteiger partial charge is 0.453 e. The number of hydrogen-bond donors (Lipinski definition) is 3. The van der Waals surface area contributed by atoms with E-state index in [-0.39, 0.29) is 17.5 Å². The van der Waals surface area contributed by atoms with Crippen LogP contribution in [0.1, 0.15) is 27.2 Å². The highest BCUT2D eigenvalue weighted by Crippen LogP contribution is 2.20. The number of rotatable bonds is 6. The molecule has 0 aliphatic heterocycles. The Morgan fingerprint density at radius 2 is 1.88 bits per heavy atom. The second kappa shape index (κ2) is 8.85. The molecule has 24 heavy (non-hydrogen) atoms. The topological polar surface area (TPSA) is 96.5 Å². The number of alkyl carbamates (subject to hydrolysis) is 1. The van der Waals surface area contributed by atoms with Crippen molar-refractivity contribution in [2.24, 2.45) is 5.92 Å². The zero-order valence-corrected chi connectivity index (χ0v) is 14.1. The lowest BCUT2D eigenvalue weighted by Crippen LogP contribution is -2.44. The Balaban J connectivity index is 2.92. The molecule has 0 spiro atoms. The third-order valence-corrected chi connectivity index (χ3v) is 3.05. The molecule has 7 nitrogen and oxygen atoms in total. The molecule has 0 aliphatic rings. The summed E-state index contributed by atoms with van der Waals surface area (Å²) in [4.78, 5) is 34.8. The Kier molecular flexibility index (Phi) is 7.16. The van der Waals surface area contributed by atoms with Crippen molar-refractivity contribution in [2.75, 3.05) is 17.7 Å². The summed E-state index contributed by atoms with van der Waals surface area (Å²) < 4.78 is 18.4. The Hall–Kier alpha value is -2.64. The van der Waals surface area contributed by atoms with Gasteiger partial charge < -0.3 is 20.7 Å². The minimum Gasteiger partial charge on any atom is -0.453 e. The minimum atomic E-state index is -0.874. The quantitative estimate of drug-likeness (QED) is 0.742. The number of halogens is 1. The van der Waals surface area contributed by atoms with Crippen molar-refractivity contribution in [3.05, 3.63) is 24.0 Å². The Morgan fingerprint density at radius 3 is 2.42 bits per heavy atom. The van der Waals surface area contributed by atoms with E-state index in [9.17, 15) is 18.8 Å². The van der Waals surface area contributed by atoms with Crippen molar-refractivity contribution in [3.63, 3.8) is 0 Å². The van der Waals surface area contributed by atoms with Crippen molar-refractivity contribution >= 4 is 29.3 Å². The van der Waals surface area contributed by atoms with Gasteiger partial charge in [-0.25, -0.2) is 9.18 Å². The minimum absolute atomic E-state index is 0.0910. The molecule has 3 N–H and O–H groups in total. The van der Waals surface area contributed by atoms with Crippen molar-refractivity contribution in [1.82, 2.24) is 5.32 Å². The van der Waals surface area contributed by atoms with Crippen molar-refractivity contribution < 1.29 is 23.5 Å². The first-order chi connectivity index (χ1) is 11.2. The van der Waals surface area contributed by atoms with Crippen LogP contribution in [0.3, 0.4) is 0 Å². The average Bonchev–Trinajstić information content (AvgIpc) is 2.48. The molecule has 0 aliphatic carbocycles. The molecule has 1 aromatic carbocycles. The maximum Gasteiger partial charge on any atom is 0.407 e. The Morgan fingerprint density at radius 1 is 1.21 bits per heavy atom. The molecule has 0 heterocycles. The van der Waals surface area contributed by atoms with Crippen molar-refractivity contribution in [2.45, 2.75) is 33.2 Å². The average molecular weight is 339 g/mol. The number of hydrogen-bond acceptors (Lipinski definition) is 4. The summed E-state index contributed by atoms with van der Waals surface area (Å²) in [6.45, 7) is 5.09. The SMILES string of the molecule is COC(=O)N[C@@H](CC(C)C)C(=O)Nc1cc(NC(C)=O)ccc1F. The highest BCUT2D eigenvalue weighted by molar-refractivity contribution is 5.97. The van der Waals surface area contributed by atoms with Gasteiger partial charge in [-0.05, 0) is 30.5 Å². The van der Waals surface area contributed by atoms with Crippen LogP contribution in [0, 0.1) is 11.7 Å². The first-order valence-electron chi connectivity index (χ1n) is 7.45. The van der Waals surface area contributed by atoms with Crippen LogP contribution >= 0.6 is 0 Å². The first kappa shape index (κ1) is 19.4. The highest BCUT2D eigenvalue weighted by atomic mass is 19.1. The number of carbonyl (C=O) groups is 3. The summed E-state index contributed by atoms with van der Waals surface area (Å²) in [6, 6.07) is 2.94. The van der Waals surface area contributed by atoms with Crippen LogP contribution in [-0.2, 0) is 14.3 Å². The van der Waals surface area contributed by atoms with Crippen LogP contribution in [0.5, 0.6) is 0 Å². The maximum absolute atomic E-state index is 13.9. The van der Waals surface area contributed by atoms with Gasteiger partial charge in [0, 0.05) is 12.6 Å². The van der Waals surface area contributed by atoms with Gasteiger partial charge in [-0.3, -0.25) is 9.59 Å². The molecule has 1 aromatic rings. The number of nitrogens with one attached hydrogen (secondary N) is 3. The van der Waals surface area contributed by atoms with E-state index < -0.39 is 23.9 Å². The fourth-order valence-corrected chi connectivity index (χ4v) is 2.03. The summed E-state index contributed by atoms with van der Waals surface area (Å²) in [5.74, 6) is -1.43. The van der Waals surface area contributed by atoms with E-state index in [1.54, 1.807) is 0 Å². The van der Waals surface area contributed by atoms with Crippen LogP contribution in [0.4, 0.5) is 20.6 Å². The van der Waals surface area contributed by atoms with E-state index in [1.807, 2.05) is 13.8 Å². The Bertz CT molecular complexity index is 619. The van der Waals surface area contributed by atoms with Crippen molar-refractivity contribution in [1.29, 1.82) is 0 Å². The number of carbonyl (C=O) groups excluding carboxylic acids is 3. The van der Waals surface area contributed by atoms with E-state index in [2.05, 4.69) is 20.7 Å². The third-order valence-electron chi connectivity index (χ3n) is 3.05. The molecule has 132 valence electrons. The third kappa shape index (κ3) is 6.23. The number of ether oxygens (including phenoxy) is 1. The standard InChI is InChI=1S/C16H22FN3O4/c1-9(2)7-14(20-16(23)24-4)15(22)19-13-8-11(18-10(3)21)5-6-12(13)17/h5-6,8-9,14H,7H2,1-4H3,(H,18,21)(H,19,22)(H,20,23)/t14-/m0/s1. The molecule has 0 fully saturated rings. The van der Waals surface area contributed by atoms with E-state index in [1.165, 1.54) is 26.2 Å². The van der Waals surface area contributed by atoms with Gasteiger partial charge in [0.1, 0.15) is 11.9 Å². The van der Waals surface area contributed by atoms with Gasteiger partial charge in [0.05, 0.1) is 12.8 Å². The van der Waals surface area contributed by atoms with Gasteiger partial charge in [0.15, 0.2) is 0 Å². The molecule has 0 radical (unpaired) electrons. The highest BCUT2D eigenvalue weighted by Gasteiger charge is 2.23. The van der Waals surface area contributed by atoms with Crippen LogP contribution in [0.2, 0.25) is 0 Å². The second-order valence-electron chi connectivity index (χ2n) is 5.68. The zero-order chi connectivity index (χ0) is 18.3. The molecule has 0 unspecified atom stereocenters. The van der Waals surface area contributed by atoms with E-state index in [0.717, 1.165) is 6.07 Å². The van der Waals surface area contributed by atoms with Crippen molar-refractivity contribution in [3.8, 4) is 0 Å². The molecular formula is C16H22FN3O4. The lowest BCUT2D eigenvalue weighted by atomic mass is 10.0. The van der Waals surface area contributed by atoms with Crippen LogP contribution < -0.4 is 16.0 Å². The van der Waals surface area contributed by atoms with Gasteiger partial charge in [-0.15, -0.1) is 0 Å². The van der Waals surface area contributed by atoms with Crippen LogP contribution in [0.15, 0.2) is 18.2 Å². The molecule has 1 rings (SSSR count). The molecular weight excluding hydrogens is 317 g/mol. The zero-order valence-electron chi connectivity index (χ0n) is 14.1. The van der Waals surface area contributed by atoms with Gasteiger partial charge in [-0.1, -0.05) is 13.8 Å². The van der Waals surface area contributed by atoms with Gasteiger partial charge in [0.2, 0.25) is 11.8 Å². The fraction of sp³-hybridized carbons (Fsp3) is 0.438. The number of amides is 3. The molecule has 0 aromatic heterocycles. The molecule has 0 bridgehead atoms. The molecule has 0 saturated heterocycles. The Labute approximate surface area is 139 Å². The van der Waals surface area contributed by atoms with Crippen LogP contribution in [-0.4, -0.2) is 31.1 Å². The van der Waals surface area contributed by atoms with Gasteiger partial charge in [-0.2, -0.15) is 0 Å². The summed E-state index contributed by atoms with van der Waals surface area (Å²) in [5.41, 5.74) is 0.257. The normalized spacial score (nSPS) is 11.6. The summed E-state index contributed by atoms with van der Waals surface area (Å²) in [6.07, 6.45) is -0.392. The molecule has 3 amide bonds. The summed E-state index contributed by atoms with van der Waals surface area (Å²) in [5, 5.41) is 7.34. The fourth-order valence-electron chi connectivity index (χ4n) is 2.03. The molecule has 0 saturated carbocycles. The maximum atomic E-state index is 13.9. The summed E-state index contributed by atoms with van der Waals surface area (Å²) in [7, 11) is 1.19. The second-order valence-corrected chi connectivity index (χ2v) is 5.68. The number of anilines is 2. The molecule has 1 atom stereocenters. The van der Waals surface area contributed by atoms with E-state index in [0.29, 0.717) is 12.1 Å². The molecule has 8 heteroatoms. The summed E-state index contributed by atoms with van der Waals surface area (Å²) >= 11 is 0. The van der Waals surface area contributed by atoms with Gasteiger partial charge >= 0.3 is 6.09 Å². The van der Waals surface area contributed by atoms with Gasteiger partial charge in [0.25, 0.3) is 0 Å². The van der Waals surface area contributed by atoms with E-state index >= 15 is 0 Å². The number of benzene rings is 1. The lowest BCUT2D eigenvalue weighted by molar-refractivity contribution is -0.118.